The highest BCUT2D eigenvalue weighted by atomic mass is 32.2. The van der Waals surface area contributed by atoms with E-state index in [0.29, 0.717) is 28.6 Å². The highest BCUT2D eigenvalue weighted by Gasteiger charge is 2.50. The number of ketones is 1. The number of nitrogens with one attached hydrogen (secondary N) is 1. The Balaban J connectivity index is 1.66. The predicted octanol–water partition coefficient (Wildman–Crippen LogP) is 3.57. The fourth-order valence-electron chi connectivity index (χ4n) is 4.45. The minimum atomic E-state index is -4.22. The summed E-state index contributed by atoms with van der Waals surface area (Å²) in [5, 5.41) is 3.92. The van der Waals surface area contributed by atoms with Gasteiger partial charge in [-0.05, 0) is 55.7 Å². The van der Waals surface area contributed by atoms with Crippen molar-refractivity contribution in [3.8, 4) is 0 Å². The average Bonchev–Trinajstić information content (AvgIpc) is 3.34. The number of para-hydroxylation sites is 3. The van der Waals surface area contributed by atoms with Crippen molar-refractivity contribution < 1.29 is 27.2 Å². The molecule has 1 aliphatic rings. The number of oxazole rings is 1. The van der Waals surface area contributed by atoms with Gasteiger partial charge in [0.05, 0.1) is 10.6 Å². The summed E-state index contributed by atoms with van der Waals surface area (Å²) in [5.41, 5.74) is 2.54. The predicted molar refractivity (Wildman–Crippen MR) is 144 cm³/mol. The van der Waals surface area contributed by atoms with Gasteiger partial charge < -0.3 is 4.42 Å². The summed E-state index contributed by atoms with van der Waals surface area (Å²) < 4.78 is 31.7. The van der Waals surface area contributed by atoms with Crippen LogP contribution in [0.4, 0.5) is 5.69 Å². The summed E-state index contributed by atoms with van der Waals surface area (Å²) in [6, 6.07) is 17.9. The number of hydrogen-bond donors (Lipinski definition) is 1. The fraction of sp³-hybridized carbons (Fsp3) is 0.179. The van der Waals surface area contributed by atoms with Crippen LogP contribution in [0.1, 0.15) is 35.4 Å². The maximum Gasteiger partial charge on any atom is 0.302 e. The zero-order valence-electron chi connectivity index (χ0n) is 21.3. The van der Waals surface area contributed by atoms with E-state index < -0.39 is 39.3 Å². The van der Waals surface area contributed by atoms with Crippen LogP contribution in [-0.2, 0) is 30.8 Å². The second kappa shape index (κ2) is 9.91. The summed E-state index contributed by atoms with van der Waals surface area (Å²) in [4.78, 5) is 48.0. The first-order valence-electron chi connectivity index (χ1n) is 12.1. The van der Waals surface area contributed by atoms with E-state index in [-0.39, 0.29) is 16.5 Å². The molecule has 10 nitrogen and oxygen atoms in total. The molecular formula is C28H24N4O6S. The van der Waals surface area contributed by atoms with Gasteiger partial charge in [-0.25, -0.2) is 9.88 Å². The Morgan fingerprint density at radius 2 is 1.67 bits per heavy atom. The lowest BCUT2D eigenvalue weighted by Gasteiger charge is -2.30. The SMILES string of the molecule is CCc1cccc(C)c1N1C(=O)C(=O)C(c2nc3ccccc3o2)/C(=N/NS(=O)(=O)c2ccc(C)cc2)C1=O. The van der Waals surface area contributed by atoms with Crippen LogP contribution in [0.25, 0.3) is 11.1 Å². The molecule has 0 bridgehead atoms. The van der Waals surface area contributed by atoms with Crippen LogP contribution >= 0.6 is 0 Å². The fourth-order valence-corrected chi connectivity index (χ4v) is 5.27. The van der Waals surface area contributed by atoms with E-state index >= 15 is 0 Å². The third-order valence-electron chi connectivity index (χ3n) is 6.47. The molecule has 2 amide bonds. The van der Waals surface area contributed by atoms with Crippen LogP contribution in [0, 0.1) is 13.8 Å². The summed E-state index contributed by atoms with van der Waals surface area (Å²) in [6.07, 6.45) is 0.476. The van der Waals surface area contributed by atoms with Crippen LogP contribution in [0.15, 0.2) is 81.1 Å². The number of hydrogen-bond acceptors (Lipinski definition) is 8. The Labute approximate surface area is 224 Å². The monoisotopic (exact) mass is 544 g/mol. The number of rotatable bonds is 6. The van der Waals surface area contributed by atoms with E-state index in [4.69, 9.17) is 4.42 Å². The molecule has 1 aliphatic heterocycles. The number of sulfonamides is 1. The molecule has 198 valence electrons. The number of nitrogens with zero attached hydrogens (tertiary/aromatic N) is 3. The van der Waals surface area contributed by atoms with E-state index in [2.05, 4.69) is 14.9 Å². The van der Waals surface area contributed by atoms with Gasteiger partial charge in [-0.3, -0.25) is 14.4 Å². The number of benzene rings is 3. The molecule has 0 radical (unpaired) electrons. The lowest BCUT2D eigenvalue weighted by atomic mass is 9.90. The molecule has 0 spiro atoms. The number of fused-ring (bicyclic) bond motifs is 1. The van der Waals surface area contributed by atoms with E-state index in [0.717, 1.165) is 10.5 Å². The van der Waals surface area contributed by atoms with Crippen molar-refractivity contribution in [2.45, 2.75) is 38.0 Å². The molecule has 39 heavy (non-hydrogen) atoms. The van der Waals surface area contributed by atoms with Gasteiger partial charge in [-0.2, -0.15) is 18.4 Å². The second-order valence-corrected chi connectivity index (χ2v) is 10.8. The van der Waals surface area contributed by atoms with Gasteiger partial charge >= 0.3 is 5.91 Å². The number of hydrazone groups is 1. The van der Waals surface area contributed by atoms with Crippen molar-refractivity contribution in [3.05, 3.63) is 89.3 Å². The first-order chi connectivity index (χ1) is 18.6. The quantitative estimate of drug-likeness (QED) is 0.222. The Morgan fingerprint density at radius 1 is 0.949 bits per heavy atom. The summed E-state index contributed by atoms with van der Waals surface area (Å²) in [5.74, 6) is -4.96. The van der Waals surface area contributed by atoms with Gasteiger partial charge in [-0.1, -0.05) is 55.0 Å². The molecule has 1 N–H and O–H groups in total. The van der Waals surface area contributed by atoms with Crippen LogP contribution in [0.2, 0.25) is 0 Å². The molecule has 4 aromatic rings. The smallest absolute Gasteiger partial charge is 0.302 e. The topological polar surface area (TPSA) is 139 Å². The molecule has 5 rings (SSSR count). The zero-order valence-corrected chi connectivity index (χ0v) is 22.2. The van der Waals surface area contributed by atoms with Gasteiger partial charge in [0.25, 0.3) is 15.9 Å². The second-order valence-electron chi connectivity index (χ2n) is 9.10. The van der Waals surface area contributed by atoms with E-state index in [1.54, 1.807) is 61.5 Å². The summed E-state index contributed by atoms with van der Waals surface area (Å²) in [7, 11) is -4.22. The lowest BCUT2D eigenvalue weighted by Crippen LogP contribution is -2.55. The number of carbonyl (C=O) groups is 3. The number of aryl methyl sites for hydroxylation is 3. The molecule has 0 saturated carbocycles. The molecule has 3 aromatic carbocycles. The van der Waals surface area contributed by atoms with Gasteiger partial charge in [0.15, 0.2) is 11.5 Å². The van der Waals surface area contributed by atoms with E-state index in [1.165, 1.54) is 12.1 Å². The van der Waals surface area contributed by atoms with Crippen molar-refractivity contribution in [2.75, 3.05) is 4.90 Å². The number of piperidine rings is 1. The number of aromatic nitrogens is 1. The Morgan fingerprint density at radius 3 is 2.36 bits per heavy atom. The van der Waals surface area contributed by atoms with Crippen LogP contribution in [0.5, 0.6) is 0 Å². The van der Waals surface area contributed by atoms with Crippen molar-refractivity contribution in [1.29, 1.82) is 0 Å². The van der Waals surface area contributed by atoms with Crippen molar-refractivity contribution >= 4 is 50.1 Å². The molecule has 11 heteroatoms. The minimum absolute atomic E-state index is 0.0921. The molecule has 1 aromatic heterocycles. The van der Waals surface area contributed by atoms with Gasteiger partial charge in [-0.15, -0.1) is 0 Å². The molecule has 1 atom stereocenters. The highest BCUT2D eigenvalue weighted by molar-refractivity contribution is 7.89. The van der Waals surface area contributed by atoms with Crippen molar-refractivity contribution in [2.24, 2.45) is 5.10 Å². The van der Waals surface area contributed by atoms with Crippen LogP contribution in [0.3, 0.4) is 0 Å². The Kier molecular flexibility index (Phi) is 6.61. The number of amides is 2. The van der Waals surface area contributed by atoms with Crippen LogP contribution < -0.4 is 9.73 Å². The number of Topliss-reactive ketones (excluding diaryl/α,β-unsaturated/α-hetero) is 1. The molecular weight excluding hydrogens is 520 g/mol. The van der Waals surface area contributed by atoms with E-state index in [1.807, 2.05) is 13.8 Å². The molecule has 1 unspecified atom stereocenters. The Hall–Kier alpha value is -4.64. The molecule has 1 saturated heterocycles. The molecule has 0 aliphatic carbocycles. The normalized spacial score (nSPS) is 17.3. The third kappa shape index (κ3) is 4.61. The van der Waals surface area contributed by atoms with Gasteiger partial charge in [0, 0.05) is 0 Å². The standard InChI is InChI=1S/C28H24N4O6S/c1-4-18-9-7-8-17(3)24(18)32-27(34)23(30-31-39(36,37)19-14-12-16(2)13-15-19)22(25(33)28(32)35)26-29-20-10-5-6-11-21(20)38-26/h5-15,22,31H,4H2,1-3H3/b30-23-. The van der Waals surface area contributed by atoms with Gasteiger partial charge in [0.1, 0.15) is 11.2 Å². The molecule has 1 fully saturated rings. The highest BCUT2D eigenvalue weighted by Crippen LogP contribution is 2.33. The maximum absolute atomic E-state index is 13.9. The minimum Gasteiger partial charge on any atom is -0.439 e. The zero-order chi connectivity index (χ0) is 27.9. The number of carbonyl (C=O) groups excluding carboxylic acids is 3. The first kappa shape index (κ1) is 26.0. The maximum atomic E-state index is 13.9. The van der Waals surface area contributed by atoms with E-state index in [9.17, 15) is 22.8 Å². The largest absolute Gasteiger partial charge is 0.439 e. The van der Waals surface area contributed by atoms with Gasteiger partial charge in [0.2, 0.25) is 11.7 Å². The Bertz CT molecular complexity index is 1740. The number of anilines is 1. The average molecular weight is 545 g/mol. The number of imide groups is 1. The third-order valence-corrected chi connectivity index (χ3v) is 7.70. The van der Waals surface area contributed by atoms with Crippen molar-refractivity contribution in [3.63, 3.8) is 0 Å². The van der Waals surface area contributed by atoms with Crippen LogP contribution in [-0.4, -0.2) is 36.7 Å². The lowest BCUT2D eigenvalue weighted by molar-refractivity contribution is -0.139. The molecule has 2 heterocycles. The first-order valence-corrected chi connectivity index (χ1v) is 13.6. The summed E-state index contributed by atoms with van der Waals surface area (Å²) in [6.45, 7) is 5.37. The van der Waals surface area contributed by atoms with Crippen molar-refractivity contribution in [1.82, 2.24) is 9.82 Å². The summed E-state index contributed by atoms with van der Waals surface area (Å²) >= 11 is 0.